The molecule has 0 aliphatic heterocycles. The van der Waals surface area contributed by atoms with Gasteiger partial charge in [-0.15, -0.1) is 0 Å². The number of hydrogen-bond donors (Lipinski definition) is 2. The van der Waals surface area contributed by atoms with Crippen molar-refractivity contribution in [3.63, 3.8) is 0 Å². The first-order chi connectivity index (χ1) is 5.63. The molecule has 0 saturated carbocycles. The lowest BCUT2D eigenvalue weighted by Crippen LogP contribution is -1.93. The van der Waals surface area contributed by atoms with Crippen molar-refractivity contribution in [2.45, 2.75) is 20.8 Å². The fourth-order valence-corrected chi connectivity index (χ4v) is 0.977. The summed E-state index contributed by atoms with van der Waals surface area (Å²) in [5, 5.41) is 7.00. The molecule has 0 atom stereocenters. The van der Waals surface area contributed by atoms with Crippen molar-refractivity contribution in [3.05, 3.63) is 28.8 Å². The molecule has 0 amide bonds. The van der Waals surface area contributed by atoms with Crippen LogP contribution in [-0.4, -0.2) is 17.7 Å². The number of aryl methyl sites for hydroxylation is 1. The average molecular weight is 185 g/mol. The van der Waals surface area contributed by atoms with Crippen LogP contribution in [0.4, 0.5) is 5.69 Å². The summed E-state index contributed by atoms with van der Waals surface area (Å²) < 4.78 is 0. The Hall–Kier alpha value is -1.06. The maximum Gasteiger partial charge on any atom is 0.0346 e. The quantitative estimate of drug-likeness (QED) is 0.591. The average Bonchev–Trinajstić information content (AvgIpc) is 2.12. The van der Waals surface area contributed by atoms with Gasteiger partial charge in [0.1, 0.15) is 0 Å². The molecule has 0 aliphatic rings. The Kier molecular flexibility index (Phi) is 7.18. The first-order valence-electron chi connectivity index (χ1n) is 3.90. The van der Waals surface area contributed by atoms with Crippen LogP contribution in [0.15, 0.2) is 12.1 Å². The zero-order valence-corrected chi connectivity index (χ0v) is 8.68. The fourth-order valence-electron chi connectivity index (χ4n) is 0.977. The minimum absolute atomic E-state index is 0. The lowest BCUT2D eigenvalue weighted by atomic mass is 10.0. The van der Waals surface area contributed by atoms with E-state index in [4.69, 9.17) is 10.8 Å². The Morgan fingerprint density at radius 2 is 1.46 bits per heavy atom. The van der Waals surface area contributed by atoms with Gasteiger partial charge in [-0.3, -0.25) is 0 Å². The summed E-state index contributed by atoms with van der Waals surface area (Å²) in [4.78, 5) is 0. The van der Waals surface area contributed by atoms with Gasteiger partial charge in [-0.05, 0) is 43.5 Å². The highest BCUT2D eigenvalue weighted by atomic mass is 16.2. The van der Waals surface area contributed by atoms with E-state index in [1.807, 2.05) is 6.07 Å². The smallest absolute Gasteiger partial charge is 0.0346 e. The van der Waals surface area contributed by atoms with Crippen molar-refractivity contribution in [1.29, 1.82) is 0 Å². The monoisotopic (exact) mass is 185 g/mol. The largest absolute Gasteiger partial charge is 0.412 e. The normalized spacial score (nSPS) is 8.08. The third kappa shape index (κ3) is 3.44. The third-order valence-corrected chi connectivity index (χ3v) is 2.10. The van der Waals surface area contributed by atoms with Crippen LogP contribution in [0.3, 0.4) is 0 Å². The lowest BCUT2D eigenvalue weighted by molar-refractivity contribution is 0.399. The lowest BCUT2D eigenvalue weighted by Gasteiger charge is -2.05. The van der Waals surface area contributed by atoms with E-state index in [0.29, 0.717) is 0 Å². The first kappa shape index (κ1) is 14.5. The second-order valence-electron chi connectivity index (χ2n) is 2.72. The molecule has 3 heteroatoms. The standard InChI is InChI=1S/C9H13N.CH4O.H2O/c1-6-4-5-9(10)8(3)7(6)2;1-2;/h4-5H,10H2,1-3H3;2H,1H3;1H2. The third-order valence-electron chi connectivity index (χ3n) is 2.10. The topological polar surface area (TPSA) is 77.8 Å². The predicted octanol–water partition coefficient (Wildman–Crippen LogP) is 0.978. The van der Waals surface area contributed by atoms with Crippen LogP contribution in [0.1, 0.15) is 16.7 Å². The van der Waals surface area contributed by atoms with Crippen LogP contribution >= 0.6 is 0 Å². The molecular formula is C10H19NO2. The van der Waals surface area contributed by atoms with Gasteiger partial charge in [-0.25, -0.2) is 0 Å². The van der Waals surface area contributed by atoms with Gasteiger partial charge < -0.3 is 16.3 Å². The van der Waals surface area contributed by atoms with Gasteiger partial charge in [-0.2, -0.15) is 0 Å². The van der Waals surface area contributed by atoms with Crippen molar-refractivity contribution in [1.82, 2.24) is 0 Å². The van der Waals surface area contributed by atoms with E-state index in [9.17, 15) is 0 Å². The molecule has 3 nitrogen and oxygen atoms in total. The summed E-state index contributed by atoms with van der Waals surface area (Å²) in [5.41, 5.74) is 10.4. The zero-order chi connectivity index (χ0) is 9.72. The van der Waals surface area contributed by atoms with E-state index in [1.165, 1.54) is 16.7 Å². The fraction of sp³-hybridized carbons (Fsp3) is 0.400. The van der Waals surface area contributed by atoms with E-state index in [2.05, 4.69) is 26.8 Å². The molecule has 5 N–H and O–H groups in total. The van der Waals surface area contributed by atoms with Crippen LogP contribution in [0, 0.1) is 20.8 Å². The molecular weight excluding hydrogens is 166 g/mol. The molecule has 0 fully saturated rings. The number of hydrogen-bond acceptors (Lipinski definition) is 2. The van der Waals surface area contributed by atoms with E-state index in [-0.39, 0.29) is 5.48 Å². The number of aliphatic hydroxyl groups is 1. The summed E-state index contributed by atoms with van der Waals surface area (Å²) in [6, 6.07) is 4.01. The minimum atomic E-state index is 0. The number of anilines is 1. The second kappa shape index (κ2) is 6.46. The Morgan fingerprint density at radius 1 is 1.00 bits per heavy atom. The Labute approximate surface area is 79.5 Å². The van der Waals surface area contributed by atoms with Crippen LogP contribution in [0.25, 0.3) is 0 Å². The van der Waals surface area contributed by atoms with E-state index in [0.717, 1.165) is 12.8 Å². The molecule has 1 rings (SSSR count). The molecule has 0 unspecified atom stereocenters. The van der Waals surface area contributed by atoms with E-state index < -0.39 is 0 Å². The van der Waals surface area contributed by atoms with Crippen LogP contribution in [0.2, 0.25) is 0 Å². The number of nitrogen functional groups attached to an aromatic ring is 1. The molecule has 0 aliphatic carbocycles. The second-order valence-corrected chi connectivity index (χ2v) is 2.72. The van der Waals surface area contributed by atoms with Crippen molar-refractivity contribution >= 4 is 5.69 Å². The molecule has 13 heavy (non-hydrogen) atoms. The van der Waals surface area contributed by atoms with Gasteiger partial charge >= 0.3 is 0 Å². The maximum atomic E-state index is 7.00. The van der Waals surface area contributed by atoms with Gasteiger partial charge in [0.25, 0.3) is 0 Å². The highest BCUT2D eigenvalue weighted by Crippen LogP contribution is 2.17. The van der Waals surface area contributed by atoms with Gasteiger partial charge in [0, 0.05) is 12.8 Å². The SMILES string of the molecule is CO.Cc1ccc(N)c(C)c1C.O. The molecule has 0 radical (unpaired) electrons. The van der Waals surface area contributed by atoms with Crippen molar-refractivity contribution in [3.8, 4) is 0 Å². The van der Waals surface area contributed by atoms with Crippen molar-refractivity contribution < 1.29 is 10.6 Å². The van der Waals surface area contributed by atoms with E-state index >= 15 is 0 Å². The number of benzene rings is 1. The van der Waals surface area contributed by atoms with Crippen molar-refractivity contribution in [2.24, 2.45) is 0 Å². The van der Waals surface area contributed by atoms with Gasteiger partial charge in [-0.1, -0.05) is 6.07 Å². The number of rotatable bonds is 0. The molecule has 1 aromatic rings. The number of aliphatic hydroxyl groups excluding tert-OH is 1. The maximum absolute atomic E-state index is 7.00. The highest BCUT2D eigenvalue weighted by molar-refractivity contribution is 5.52. The molecule has 0 heterocycles. The predicted molar refractivity (Wildman–Crippen MR) is 56.8 cm³/mol. The number of nitrogens with two attached hydrogens (primary N) is 1. The van der Waals surface area contributed by atoms with Gasteiger partial charge in [0.2, 0.25) is 0 Å². The molecule has 0 spiro atoms. The Morgan fingerprint density at radius 3 is 1.85 bits per heavy atom. The summed E-state index contributed by atoms with van der Waals surface area (Å²) in [7, 11) is 1.00. The summed E-state index contributed by atoms with van der Waals surface area (Å²) in [6.07, 6.45) is 0. The molecule has 0 saturated heterocycles. The van der Waals surface area contributed by atoms with Crippen LogP contribution < -0.4 is 5.73 Å². The molecule has 0 bridgehead atoms. The minimum Gasteiger partial charge on any atom is -0.412 e. The zero-order valence-electron chi connectivity index (χ0n) is 8.68. The highest BCUT2D eigenvalue weighted by Gasteiger charge is 1.98. The van der Waals surface area contributed by atoms with Crippen LogP contribution in [-0.2, 0) is 0 Å². The molecule has 76 valence electrons. The Bertz CT molecular complexity index is 232. The first-order valence-corrected chi connectivity index (χ1v) is 3.90. The molecule has 1 aromatic carbocycles. The Balaban J connectivity index is 0. The van der Waals surface area contributed by atoms with Gasteiger partial charge in [0.05, 0.1) is 0 Å². The van der Waals surface area contributed by atoms with E-state index in [1.54, 1.807) is 0 Å². The summed E-state index contributed by atoms with van der Waals surface area (Å²) in [6.45, 7) is 6.25. The van der Waals surface area contributed by atoms with Crippen LogP contribution in [0.5, 0.6) is 0 Å². The van der Waals surface area contributed by atoms with Gasteiger partial charge in [0.15, 0.2) is 0 Å². The molecule has 0 aromatic heterocycles. The summed E-state index contributed by atoms with van der Waals surface area (Å²) >= 11 is 0. The van der Waals surface area contributed by atoms with Crippen molar-refractivity contribution in [2.75, 3.05) is 12.8 Å². The summed E-state index contributed by atoms with van der Waals surface area (Å²) in [5.74, 6) is 0.